The largest absolute Gasteiger partial charge is 0.348 e. The third-order valence-corrected chi connectivity index (χ3v) is 4.76. The molecule has 1 aliphatic heterocycles. The van der Waals surface area contributed by atoms with Crippen LogP contribution in [0.4, 0.5) is 0 Å². The molecule has 1 atom stereocenters. The van der Waals surface area contributed by atoms with Gasteiger partial charge < -0.3 is 5.32 Å². The van der Waals surface area contributed by atoms with Gasteiger partial charge in [-0.25, -0.2) is 0 Å². The van der Waals surface area contributed by atoms with Crippen molar-refractivity contribution in [1.82, 2.24) is 10.2 Å². The maximum absolute atomic E-state index is 12.2. The molecule has 3 rings (SSSR count). The highest BCUT2D eigenvalue weighted by Crippen LogP contribution is 2.20. The van der Waals surface area contributed by atoms with Crippen molar-refractivity contribution < 1.29 is 4.79 Å². The summed E-state index contributed by atoms with van der Waals surface area (Å²) in [6.07, 6.45) is 11.6. The number of carbonyl (C=O) groups excluding carboxylic acids is 1. The molecule has 0 saturated heterocycles. The van der Waals surface area contributed by atoms with Gasteiger partial charge in [0.05, 0.1) is 11.6 Å². The Morgan fingerprint density at radius 2 is 2.33 bits per heavy atom. The van der Waals surface area contributed by atoms with Crippen molar-refractivity contribution >= 4 is 5.91 Å². The topological polar surface area (TPSA) is 56.1 Å². The third-order valence-electron chi connectivity index (χ3n) is 4.76. The summed E-state index contributed by atoms with van der Waals surface area (Å²) >= 11 is 0. The fraction of sp³-hybridized carbons (Fsp3) is 0.400. The maximum Gasteiger partial charge on any atom is 0.251 e. The molecule has 24 heavy (non-hydrogen) atoms. The van der Waals surface area contributed by atoms with Crippen molar-refractivity contribution in [2.45, 2.75) is 31.7 Å². The third kappa shape index (κ3) is 4.12. The first-order chi connectivity index (χ1) is 11.8. The molecule has 1 aromatic rings. The van der Waals surface area contributed by atoms with Gasteiger partial charge >= 0.3 is 0 Å². The Labute approximate surface area is 143 Å². The standard InChI is InChI=1S/C20H23N3O/c21-14-17-5-4-6-18(13-17)20(24)22-15-16-9-11-23(12-10-16)19-7-2-1-3-8-19/h2,4-7,9,13,19H,1,3,8,10-12,15H2,(H,22,24)/t19-/m1/s1. The van der Waals surface area contributed by atoms with Crippen LogP contribution in [0.2, 0.25) is 0 Å². The average molecular weight is 321 g/mol. The summed E-state index contributed by atoms with van der Waals surface area (Å²) in [6, 6.07) is 9.45. The van der Waals surface area contributed by atoms with Gasteiger partial charge in [-0.15, -0.1) is 0 Å². The minimum atomic E-state index is -0.120. The van der Waals surface area contributed by atoms with E-state index in [-0.39, 0.29) is 5.91 Å². The van der Waals surface area contributed by atoms with E-state index in [2.05, 4.69) is 34.5 Å². The van der Waals surface area contributed by atoms with Gasteiger partial charge in [-0.1, -0.05) is 29.9 Å². The van der Waals surface area contributed by atoms with Crippen molar-refractivity contribution in [3.8, 4) is 6.07 Å². The van der Waals surface area contributed by atoms with E-state index in [9.17, 15) is 4.79 Å². The fourth-order valence-electron chi connectivity index (χ4n) is 3.31. The normalized spacial score (nSPS) is 21.0. The molecule has 1 N–H and O–H groups in total. The SMILES string of the molecule is N#Cc1cccc(C(=O)NCC2=CCN([C@@H]3C=CCCC3)CC2)c1. The molecule has 0 spiro atoms. The number of hydrogen-bond donors (Lipinski definition) is 1. The molecule has 4 nitrogen and oxygen atoms in total. The molecule has 0 unspecified atom stereocenters. The van der Waals surface area contributed by atoms with Crippen molar-refractivity contribution in [2.75, 3.05) is 19.6 Å². The highest BCUT2D eigenvalue weighted by molar-refractivity contribution is 5.94. The zero-order valence-electron chi connectivity index (χ0n) is 13.9. The summed E-state index contributed by atoms with van der Waals surface area (Å²) in [6.45, 7) is 2.61. The minimum absolute atomic E-state index is 0.120. The van der Waals surface area contributed by atoms with E-state index in [1.54, 1.807) is 24.3 Å². The van der Waals surface area contributed by atoms with Gasteiger partial charge in [0, 0.05) is 31.2 Å². The first kappa shape index (κ1) is 16.5. The number of rotatable bonds is 4. The molecular formula is C20H23N3O. The molecule has 2 aliphatic rings. The van der Waals surface area contributed by atoms with Crippen LogP contribution in [-0.4, -0.2) is 36.5 Å². The lowest BCUT2D eigenvalue weighted by Gasteiger charge is -2.33. The zero-order valence-corrected chi connectivity index (χ0v) is 13.9. The average Bonchev–Trinajstić information content (AvgIpc) is 2.67. The summed E-state index contributed by atoms with van der Waals surface area (Å²) in [7, 11) is 0. The number of hydrogen-bond acceptors (Lipinski definition) is 3. The zero-order chi connectivity index (χ0) is 16.8. The molecular weight excluding hydrogens is 298 g/mol. The second kappa shape index (κ2) is 7.94. The van der Waals surface area contributed by atoms with Gasteiger partial charge in [0.15, 0.2) is 0 Å². The van der Waals surface area contributed by atoms with Crippen LogP contribution in [0.25, 0.3) is 0 Å². The second-order valence-electron chi connectivity index (χ2n) is 6.41. The molecule has 0 radical (unpaired) electrons. The van der Waals surface area contributed by atoms with E-state index >= 15 is 0 Å². The van der Waals surface area contributed by atoms with Crippen LogP contribution in [0.3, 0.4) is 0 Å². The Morgan fingerprint density at radius 3 is 3.04 bits per heavy atom. The van der Waals surface area contributed by atoms with E-state index < -0.39 is 0 Å². The monoisotopic (exact) mass is 321 g/mol. The van der Waals surface area contributed by atoms with Gasteiger partial charge in [0.2, 0.25) is 0 Å². The summed E-state index contributed by atoms with van der Waals surface area (Å²) < 4.78 is 0. The Morgan fingerprint density at radius 1 is 1.42 bits per heavy atom. The first-order valence-electron chi connectivity index (χ1n) is 8.63. The van der Waals surface area contributed by atoms with E-state index in [4.69, 9.17) is 5.26 Å². The highest BCUT2D eigenvalue weighted by atomic mass is 16.1. The van der Waals surface area contributed by atoms with E-state index in [0.717, 1.165) is 19.5 Å². The van der Waals surface area contributed by atoms with Crippen LogP contribution in [0.1, 0.15) is 41.6 Å². The molecule has 1 amide bonds. The molecule has 1 heterocycles. The van der Waals surface area contributed by atoms with Crippen molar-refractivity contribution in [3.05, 3.63) is 59.2 Å². The number of nitrogens with one attached hydrogen (secondary N) is 1. The number of benzene rings is 1. The van der Waals surface area contributed by atoms with Crippen LogP contribution in [-0.2, 0) is 0 Å². The van der Waals surface area contributed by atoms with E-state index in [1.807, 2.05) is 0 Å². The molecule has 0 bridgehead atoms. The molecule has 0 fully saturated rings. The first-order valence-corrected chi connectivity index (χ1v) is 8.63. The quantitative estimate of drug-likeness (QED) is 0.867. The van der Waals surface area contributed by atoms with Crippen LogP contribution >= 0.6 is 0 Å². The van der Waals surface area contributed by atoms with Gasteiger partial charge in [0.25, 0.3) is 5.91 Å². The Balaban J connectivity index is 1.51. The lowest BCUT2D eigenvalue weighted by Crippen LogP contribution is -2.39. The Kier molecular flexibility index (Phi) is 5.45. The van der Waals surface area contributed by atoms with Crippen LogP contribution < -0.4 is 5.32 Å². The molecule has 4 heteroatoms. The van der Waals surface area contributed by atoms with Crippen LogP contribution in [0.5, 0.6) is 0 Å². The number of amides is 1. The van der Waals surface area contributed by atoms with Gasteiger partial charge in [-0.05, 0) is 43.9 Å². The molecule has 0 aromatic heterocycles. The summed E-state index contributed by atoms with van der Waals surface area (Å²) in [5, 5.41) is 11.9. The second-order valence-corrected chi connectivity index (χ2v) is 6.41. The predicted octanol–water partition coefficient (Wildman–Crippen LogP) is 3.03. The number of nitriles is 1. The van der Waals surface area contributed by atoms with E-state index in [0.29, 0.717) is 23.7 Å². The number of nitrogens with zero attached hydrogens (tertiary/aromatic N) is 2. The van der Waals surface area contributed by atoms with Gasteiger partial charge in [-0.2, -0.15) is 5.26 Å². The van der Waals surface area contributed by atoms with Gasteiger partial charge in [-0.3, -0.25) is 9.69 Å². The fourth-order valence-corrected chi connectivity index (χ4v) is 3.31. The van der Waals surface area contributed by atoms with E-state index in [1.165, 1.54) is 24.8 Å². The number of allylic oxidation sites excluding steroid dienone is 1. The summed E-state index contributed by atoms with van der Waals surface area (Å²) in [5.74, 6) is -0.120. The van der Waals surface area contributed by atoms with Crippen molar-refractivity contribution in [3.63, 3.8) is 0 Å². The lowest BCUT2D eigenvalue weighted by atomic mass is 9.99. The van der Waals surface area contributed by atoms with Crippen molar-refractivity contribution in [1.29, 1.82) is 5.26 Å². The number of carbonyl (C=O) groups is 1. The lowest BCUT2D eigenvalue weighted by molar-refractivity contribution is 0.0956. The molecule has 0 saturated carbocycles. The Bertz CT molecular complexity index is 699. The smallest absolute Gasteiger partial charge is 0.251 e. The summed E-state index contributed by atoms with van der Waals surface area (Å²) in [4.78, 5) is 14.7. The maximum atomic E-state index is 12.2. The van der Waals surface area contributed by atoms with Crippen LogP contribution in [0.15, 0.2) is 48.1 Å². The van der Waals surface area contributed by atoms with Crippen LogP contribution in [0, 0.1) is 11.3 Å². The van der Waals surface area contributed by atoms with Crippen molar-refractivity contribution in [2.24, 2.45) is 0 Å². The highest BCUT2D eigenvalue weighted by Gasteiger charge is 2.20. The molecule has 1 aromatic carbocycles. The minimum Gasteiger partial charge on any atom is -0.348 e. The summed E-state index contributed by atoms with van der Waals surface area (Å²) in [5.41, 5.74) is 2.34. The Hall–Kier alpha value is -2.38. The molecule has 124 valence electrons. The predicted molar refractivity (Wildman–Crippen MR) is 94.5 cm³/mol. The van der Waals surface area contributed by atoms with Gasteiger partial charge in [0.1, 0.15) is 0 Å². The molecule has 1 aliphatic carbocycles.